The van der Waals surface area contributed by atoms with E-state index in [1.807, 2.05) is 0 Å². The van der Waals surface area contributed by atoms with Gasteiger partial charge in [-0.3, -0.25) is 4.79 Å². The molecule has 0 aromatic rings. The van der Waals surface area contributed by atoms with Crippen LogP contribution in [0.4, 0.5) is 0 Å². The molecule has 3 nitrogen and oxygen atoms in total. The van der Waals surface area contributed by atoms with Crippen molar-refractivity contribution in [2.75, 3.05) is 19.5 Å². The number of alkyl halides is 1. The molecular weight excluding hydrogens is 238 g/mol. The third-order valence-corrected chi connectivity index (χ3v) is 3.83. The fraction of sp³-hybridized carbons (Fsp3) is 0.923. The summed E-state index contributed by atoms with van der Waals surface area (Å²) in [6.45, 7) is 0.779. The maximum atomic E-state index is 11.7. The van der Waals surface area contributed by atoms with Crippen LogP contribution in [0.3, 0.4) is 0 Å². The van der Waals surface area contributed by atoms with Gasteiger partial charge in [-0.1, -0.05) is 12.8 Å². The zero-order chi connectivity index (χ0) is 12.6. The highest BCUT2D eigenvalue weighted by Crippen LogP contribution is 2.37. The van der Waals surface area contributed by atoms with E-state index in [9.17, 15) is 4.79 Å². The van der Waals surface area contributed by atoms with Crippen LogP contribution < -0.4 is 5.32 Å². The van der Waals surface area contributed by atoms with Crippen LogP contribution in [0.25, 0.3) is 0 Å². The molecule has 1 aliphatic carbocycles. The summed E-state index contributed by atoms with van der Waals surface area (Å²) in [7, 11) is 1.71. The Hall–Kier alpha value is -0.280. The molecule has 0 unspecified atom stereocenters. The first-order valence-corrected chi connectivity index (χ1v) is 7.14. The average molecular weight is 262 g/mol. The normalized spacial score (nSPS) is 17.5. The fourth-order valence-corrected chi connectivity index (χ4v) is 2.37. The van der Waals surface area contributed by atoms with Crippen molar-refractivity contribution in [1.82, 2.24) is 5.32 Å². The number of nitrogens with one attached hydrogen (secondary N) is 1. The van der Waals surface area contributed by atoms with Gasteiger partial charge in [0.1, 0.15) is 0 Å². The van der Waals surface area contributed by atoms with Crippen LogP contribution in [0.5, 0.6) is 0 Å². The number of ether oxygens (including phenoxy) is 1. The first-order chi connectivity index (χ1) is 8.22. The molecule has 0 atom stereocenters. The quantitative estimate of drug-likeness (QED) is 0.512. The van der Waals surface area contributed by atoms with Crippen molar-refractivity contribution < 1.29 is 9.53 Å². The van der Waals surface area contributed by atoms with Gasteiger partial charge in [0.15, 0.2) is 0 Å². The number of hydrogen-bond donors (Lipinski definition) is 1. The van der Waals surface area contributed by atoms with E-state index in [2.05, 4.69) is 5.32 Å². The minimum absolute atomic E-state index is 0.129. The lowest BCUT2D eigenvalue weighted by atomic mass is 9.77. The fourth-order valence-electron chi connectivity index (χ4n) is 2.18. The van der Waals surface area contributed by atoms with Crippen molar-refractivity contribution in [3.05, 3.63) is 0 Å². The Bertz CT molecular complexity index is 224. The summed E-state index contributed by atoms with van der Waals surface area (Å²) in [5, 5.41) is 2.97. The number of methoxy groups -OCH3 is 1. The van der Waals surface area contributed by atoms with Crippen molar-refractivity contribution in [3.8, 4) is 0 Å². The topological polar surface area (TPSA) is 38.3 Å². The van der Waals surface area contributed by atoms with Crippen LogP contribution in [0.15, 0.2) is 0 Å². The molecule has 1 saturated carbocycles. The van der Waals surface area contributed by atoms with E-state index in [1.54, 1.807) is 7.11 Å². The zero-order valence-electron chi connectivity index (χ0n) is 10.8. The SMILES string of the molecule is COC1(CC(=O)NCCCCCCCl)CCC1. The zero-order valence-corrected chi connectivity index (χ0v) is 11.5. The van der Waals surface area contributed by atoms with Crippen molar-refractivity contribution in [2.24, 2.45) is 0 Å². The number of amides is 1. The van der Waals surface area contributed by atoms with Gasteiger partial charge >= 0.3 is 0 Å². The number of carbonyl (C=O) groups is 1. The van der Waals surface area contributed by atoms with Crippen LogP contribution in [-0.2, 0) is 9.53 Å². The maximum Gasteiger partial charge on any atom is 0.222 e. The molecule has 0 aliphatic heterocycles. The molecule has 0 radical (unpaired) electrons. The summed E-state index contributed by atoms with van der Waals surface area (Å²) in [6.07, 6.45) is 8.15. The molecule has 100 valence electrons. The van der Waals surface area contributed by atoms with E-state index in [0.717, 1.165) is 50.9 Å². The summed E-state index contributed by atoms with van der Waals surface area (Å²) >= 11 is 5.59. The van der Waals surface area contributed by atoms with Gasteiger partial charge in [-0.25, -0.2) is 0 Å². The van der Waals surface area contributed by atoms with Gasteiger partial charge in [0.25, 0.3) is 0 Å². The summed E-state index contributed by atoms with van der Waals surface area (Å²) < 4.78 is 5.43. The molecule has 0 spiro atoms. The van der Waals surface area contributed by atoms with E-state index in [0.29, 0.717) is 6.42 Å². The Balaban J connectivity index is 2.01. The van der Waals surface area contributed by atoms with E-state index in [-0.39, 0.29) is 11.5 Å². The van der Waals surface area contributed by atoms with E-state index in [1.165, 1.54) is 6.42 Å². The molecule has 1 rings (SSSR count). The van der Waals surface area contributed by atoms with Gasteiger partial charge in [0.2, 0.25) is 5.91 Å². The number of carbonyl (C=O) groups excluding carboxylic acids is 1. The van der Waals surface area contributed by atoms with Crippen molar-refractivity contribution in [3.63, 3.8) is 0 Å². The standard InChI is InChI=1S/C13H24ClNO2/c1-17-13(7-6-8-13)11-12(16)15-10-5-3-2-4-9-14/h2-11H2,1H3,(H,15,16). The smallest absolute Gasteiger partial charge is 0.222 e. The molecule has 0 aromatic carbocycles. The Morgan fingerprint density at radius 3 is 2.53 bits per heavy atom. The van der Waals surface area contributed by atoms with Gasteiger partial charge in [-0.15, -0.1) is 11.6 Å². The van der Waals surface area contributed by atoms with Gasteiger partial charge in [-0.05, 0) is 32.1 Å². The lowest BCUT2D eigenvalue weighted by Crippen LogP contribution is -2.44. The molecule has 1 amide bonds. The second-order valence-corrected chi connectivity index (χ2v) is 5.25. The summed E-state index contributed by atoms with van der Waals surface area (Å²) in [5.41, 5.74) is -0.150. The molecule has 0 bridgehead atoms. The lowest BCUT2D eigenvalue weighted by molar-refractivity contribution is -0.134. The number of rotatable bonds is 9. The van der Waals surface area contributed by atoms with E-state index >= 15 is 0 Å². The van der Waals surface area contributed by atoms with E-state index < -0.39 is 0 Å². The molecule has 1 N–H and O–H groups in total. The Morgan fingerprint density at radius 2 is 2.00 bits per heavy atom. The number of hydrogen-bond acceptors (Lipinski definition) is 2. The average Bonchev–Trinajstić information content (AvgIpc) is 2.28. The largest absolute Gasteiger partial charge is 0.378 e. The monoisotopic (exact) mass is 261 g/mol. The molecule has 0 saturated heterocycles. The van der Waals surface area contributed by atoms with Crippen molar-refractivity contribution in [1.29, 1.82) is 0 Å². The highest BCUT2D eigenvalue weighted by atomic mass is 35.5. The predicted octanol–water partition coefficient (Wildman–Crippen LogP) is 2.86. The Morgan fingerprint density at radius 1 is 1.29 bits per heavy atom. The highest BCUT2D eigenvalue weighted by molar-refractivity contribution is 6.17. The highest BCUT2D eigenvalue weighted by Gasteiger charge is 2.38. The first-order valence-electron chi connectivity index (χ1n) is 6.60. The summed E-state index contributed by atoms with van der Waals surface area (Å²) in [5.74, 6) is 0.867. The molecule has 1 fully saturated rings. The molecule has 0 heterocycles. The molecule has 1 aliphatic rings. The molecule has 17 heavy (non-hydrogen) atoms. The third-order valence-electron chi connectivity index (χ3n) is 3.56. The van der Waals surface area contributed by atoms with Gasteiger partial charge in [-0.2, -0.15) is 0 Å². The van der Waals surface area contributed by atoms with E-state index in [4.69, 9.17) is 16.3 Å². The first kappa shape index (κ1) is 14.8. The van der Waals surface area contributed by atoms with Crippen molar-refractivity contribution in [2.45, 2.75) is 57.0 Å². The number of unbranched alkanes of at least 4 members (excludes halogenated alkanes) is 3. The Labute approximate surface area is 109 Å². The van der Waals surface area contributed by atoms with Crippen LogP contribution in [0.1, 0.15) is 51.4 Å². The molecular formula is C13H24ClNO2. The summed E-state index contributed by atoms with van der Waals surface area (Å²) in [4.78, 5) is 11.7. The second kappa shape index (κ2) is 7.93. The van der Waals surface area contributed by atoms with Crippen LogP contribution in [0, 0.1) is 0 Å². The van der Waals surface area contributed by atoms with Crippen LogP contribution >= 0.6 is 11.6 Å². The van der Waals surface area contributed by atoms with Crippen LogP contribution in [-0.4, -0.2) is 31.0 Å². The second-order valence-electron chi connectivity index (χ2n) is 4.87. The Kier molecular flexibility index (Phi) is 6.90. The maximum absolute atomic E-state index is 11.7. The van der Waals surface area contributed by atoms with Crippen LogP contribution in [0.2, 0.25) is 0 Å². The minimum atomic E-state index is -0.150. The van der Waals surface area contributed by atoms with Gasteiger partial charge in [0.05, 0.1) is 12.0 Å². The van der Waals surface area contributed by atoms with Gasteiger partial charge < -0.3 is 10.1 Å². The van der Waals surface area contributed by atoms with Gasteiger partial charge in [0, 0.05) is 19.5 Å². The van der Waals surface area contributed by atoms with Crippen molar-refractivity contribution >= 4 is 17.5 Å². The minimum Gasteiger partial charge on any atom is -0.378 e. The molecule has 0 aromatic heterocycles. The third kappa shape index (κ3) is 5.26. The predicted molar refractivity (Wildman–Crippen MR) is 70.4 cm³/mol. The lowest BCUT2D eigenvalue weighted by Gasteiger charge is -2.39. The number of halogens is 1. The molecule has 4 heteroatoms. The summed E-state index contributed by atoms with van der Waals surface area (Å²) in [6, 6.07) is 0.